The first-order chi connectivity index (χ1) is 9.66. The number of rotatable bonds is 5. The standard InChI is InChI=1S/C15H20F3N3/c1-10(2)14(20)6-7-21(3)12-4-5-13(15(16,17)18)11(8-12)9-19/h4-5,8,10,14H,6-7,20H2,1-3H3. The van der Waals surface area contributed by atoms with Crippen molar-refractivity contribution in [2.45, 2.75) is 32.5 Å². The van der Waals surface area contributed by atoms with Gasteiger partial charge in [0.25, 0.3) is 0 Å². The van der Waals surface area contributed by atoms with Crippen molar-refractivity contribution in [3.63, 3.8) is 0 Å². The summed E-state index contributed by atoms with van der Waals surface area (Å²) < 4.78 is 38.2. The number of halogens is 3. The lowest BCUT2D eigenvalue weighted by atomic mass is 10.0. The zero-order valence-electron chi connectivity index (χ0n) is 12.4. The van der Waals surface area contributed by atoms with Crippen molar-refractivity contribution in [1.29, 1.82) is 5.26 Å². The zero-order valence-corrected chi connectivity index (χ0v) is 12.4. The first-order valence-electron chi connectivity index (χ1n) is 6.75. The maximum atomic E-state index is 12.7. The molecule has 1 aromatic carbocycles. The summed E-state index contributed by atoms with van der Waals surface area (Å²) in [5, 5.41) is 8.89. The molecule has 0 saturated carbocycles. The molecule has 3 nitrogen and oxygen atoms in total. The lowest BCUT2D eigenvalue weighted by Gasteiger charge is -2.23. The van der Waals surface area contributed by atoms with Gasteiger partial charge in [-0.3, -0.25) is 0 Å². The van der Waals surface area contributed by atoms with Crippen molar-refractivity contribution in [2.24, 2.45) is 11.7 Å². The van der Waals surface area contributed by atoms with Gasteiger partial charge in [0.15, 0.2) is 0 Å². The summed E-state index contributed by atoms with van der Waals surface area (Å²) in [6.45, 7) is 4.67. The molecule has 0 radical (unpaired) electrons. The Labute approximate surface area is 123 Å². The second-order valence-corrected chi connectivity index (χ2v) is 5.46. The van der Waals surface area contributed by atoms with E-state index in [1.807, 2.05) is 18.7 Å². The fourth-order valence-electron chi connectivity index (χ4n) is 1.91. The van der Waals surface area contributed by atoms with E-state index in [0.29, 0.717) is 18.2 Å². The summed E-state index contributed by atoms with van der Waals surface area (Å²) in [7, 11) is 1.77. The third-order valence-electron chi connectivity index (χ3n) is 3.52. The number of nitriles is 1. The van der Waals surface area contributed by atoms with Crippen molar-refractivity contribution in [1.82, 2.24) is 0 Å². The van der Waals surface area contributed by atoms with Crippen LogP contribution in [0, 0.1) is 17.2 Å². The highest BCUT2D eigenvalue weighted by atomic mass is 19.4. The smallest absolute Gasteiger partial charge is 0.375 e. The summed E-state index contributed by atoms with van der Waals surface area (Å²) in [6, 6.07) is 5.25. The molecular formula is C15H20F3N3. The molecule has 1 atom stereocenters. The Morgan fingerprint density at radius 2 is 1.95 bits per heavy atom. The SMILES string of the molecule is CC(C)C(N)CCN(C)c1ccc(C(F)(F)F)c(C#N)c1. The van der Waals surface area contributed by atoms with Gasteiger partial charge in [-0.25, -0.2) is 0 Å². The quantitative estimate of drug-likeness (QED) is 0.906. The Kier molecular flexibility index (Phi) is 5.62. The molecule has 21 heavy (non-hydrogen) atoms. The minimum atomic E-state index is -4.51. The van der Waals surface area contributed by atoms with Crippen LogP contribution in [0.4, 0.5) is 18.9 Å². The highest BCUT2D eigenvalue weighted by molar-refractivity contribution is 5.54. The fourth-order valence-corrected chi connectivity index (χ4v) is 1.91. The number of benzene rings is 1. The average Bonchev–Trinajstić information content (AvgIpc) is 2.42. The summed E-state index contributed by atoms with van der Waals surface area (Å²) >= 11 is 0. The van der Waals surface area contributed by atoms with E-state index in [1.165, 1.54) is 12.1 Å². The Bertz CT molecular complexity index is 518. The molecule has 116 valence electrons. The van der Waals surface area contributed by atoms with E-state index < -0.39 is 11.7 Å². The molecule has 0 aliphatic carbocycles. The van der Waals surface area contributed by atoms with Crippen LogP contribution < -0.4 is 10.6 Å². The van der Waals surface area contributed by atoms with E-state index in [0.717, 1.165) is 12.5 Å². The molecule has 0 aliphatic heterocycles. The highest BCUT2D eigenvalue weighted by Crippen LogP contribution is 2.33. The Balaban J connectivity index is 2.88. The first-order valence-corrected chi connectivity index (χ1v) is 6.75. The monoisotopic (exact) mass is 299 g/mol. The average molecular weight is 299 g/mol. The molecule has 0 aromatic heterocycles. The van der Waals surface area contributed by atoms with Gasteiger partial charge < -0.3 is 10.6 Å². The summed E-state index contributed by atoms with van der Waals surface area (Å²) in [4.78, 5) is 1.81. The second kappa shape index (κ2) is 6.81. The van der Waals surface area contributed by atoms with Crippen LogP contribution in [0.5, 0.6) is 0 Å². The van der Waals surface area contributed by atoms with Crippen LogP contribution in [0.2, 0.25) is 0 Å². The highest BCUT2D eigenvalue weighted by Gasteiger charge is 2.33. The lowest BCUT2D eigenvalue weighted by Crippen LogP contribution is -2.31. The van der Waals surface area contributed by atoms with Gasteiger partial charge in [-0.2, -0.15) is 18.4 Å². The maximum absolute atomic E-state index is 12.7. The number of alkyl halides is 3. The molecule has 0 aliphatic rings. The van der Waals surface area contributed by atoms with Gasteiger partial charge in [0.05, 0.1) is 17.2 Å². The molecule has 0 saturated heterocycles. The van der Waals surface area contributed by atoms with Gasteiger partial charge in [0.1, 0.15) is 0 Å². The van der Waals surface area contributed by atoms with Crippen molar-refractivity contribution < 1.29 is 13.2 Å². The topological polar surface area (TPSA) is 53.0 Å². The Morgan fingerprint density at radius 3 is 2.43 bits per heavy atom. The van der Waals surface area contributed by atoms with Gasteiger partial charge in [0, 0.05) is 25.3 Å². The van der Waals surface area contributed by atoms with E-state index in [1.54, 1.807) is 13.1 Å². The Morgan fingerprint density at radius 1 is 1.33 bits per heavy atom. The van der Waals surface area contributed by atoms with Crippen molar-refractivity contribution in [2.75, 3.05) is 18.5 Å². The minimum absolute atomic E-state index is 0.0392. The molecule has 2 N–H and O–H groups in total. The molecule has 1 unspecified atom stereocenters. The Hall–Kier alpha value is -1.74. The zero-order chi connectivity index (χ0) is 16.2. The van der Waals surface area contributed by atoms with Crippen LogP contribution in [0.15, 0.2) is 18.2 Å². The van der Waals surface area contributed by atoms with Crippen LogP contribution in [0.1, 0.15) is 31.4 Å². The van der Waals surface area contributed by atoms with E-state index in [2.05, 4.69) is 0 Å². The van der Waals surface area contributed by atoms with Crippen LogP contribution >= 0.6 is 0 Å². The first kappa shape index (κ1) is 17.3. The molecular weight excluding hydrogens is 279 g/mol. The van der Waals surface area contributed by atoms with E-state index >= 15 is 0 Å². The molecule has 0 bridgehead atoms. The van der Waals surface area contributed by atoms with Crippen LogP contribution in [-0.2, 0) is 6.18 Å². The second-order valence-electron chi connectivity index (χ2n) is 5.46. The number of hydrogen-bond acceptors (Lipinski definition) is 3. The molecule has 0 amide bonds. The van der Waals surface area contributed by atoms with E-state index in [-0.39, 0.29) is 11.6 Å². The van der Waals surface area contributed by atoms with Gasteiger partial charge in [-0.05, 0) is 30.5 Å². The van der Waals surface area contributed by atoms with Crippen LogP contribution in [0.25, 0.3) is 0 Å². The summed E-state index contributed by atoms with van der Waals surface area (Å²) in [5.74, 6) is 0.348. The van der Waals surface area contributed by atoms with Crippen molar-refractivity contribution in [3.05, 3.63) is 29.3 Å². The third kappa shape index (κ3) is 4.64. The number of nitrogens with zero attached hydrogens (tertiary/aromatic N) is 2. The maximum Gasteiger partial charge on any atom is 0.417 e. The molecule has 0 spiro atoms. The van der Waals surface area contributed by atoms with Gasteiger partial charge in [-0.15, -0.1) is 0 Å². The molecule has 6 heteroatoms. The molecule has 1 rings (SSSR count). The van der Waals surface area contributed by atoms with Crippen molar-refractivity contribution in [3.8, 4) is 6.07 Å². The van der Waals surface area contributed by atoms with Crippen LogP contribution in [-0.4, -0.2) is 19.6 Å². The normalized spacial score (nSPS) is 13.1. The van der Waals surface area contributed by atoms with Gasteiger partial charge >= 0.3 is 6.18 Å². The number of anilines is 1. The molecule has 0 heterocycles. The molecule has 1 aromatic rings. The number of nitrogens with two attached hydrogens (primary N) is 1. The number of hydrogen-bond donors (Lipinski definition) is 1. The predicted octanol–water partition coefficient (Wildman–Crippen LogP) is 3.39. The lowest BCUT2D eigenvalue weighted by molar-refractivity contribution is -0.137. The fraction of sp³-hybridized carbons (Fsp3) is 0.533. The van der Waals surface area contributed by atoms with Crippen molar-refractivity contribution >= 4 is 5.69 Å². The largest absolute Gasteiger partial charge is 0.417 e. The third-order valence-corrected chi connectivity index (χ3v) is 3.52. The summed E-state index contributed by atoms with van der Waals surface area (Å²) in [6.07, 6.45) is -3.78. The van der Waals surface area contributed by atoms with Crippen LogP contribution in [0.3, 0.4) is 0 Å². The summed E-state index contributed by atoms with van der Waals surface area (Å²) in [5.41, 5.74) is 5.27. The van der Waals surface area contributed by atoms with Gasteiger partial charge in [-0.1, -0.05) is 13.8 Å². The van der Waals surface area contributed by atoms with E-state index in [9.17, 15) is 13.2 Å². The van der Waals surface area contributed by atoms with E-state index in [4.69, 9.17) is 11.0 Å². The van der Waals surface area contributed by atoms with Gasteiger partial charge in [0.2, 0.25) is 0 Å². The predicted molar refractivity (Wildman–Crippen MR) is 76.9 cm³/mol. The minimum Gasteiger partial charge on any atom is -0.375 e. The molecule has 0 fully saturated rings.